The van der Waals surface area contributed by atoms with Gasteiger partial charge in [0.2, 0.25) is 23.6 Å². The molecule has 0 saturated carbocycles. The first-order chi connectivity index (χ1) is 46.8. The van der Waals surface area contributed by atoms with Crippen molar-refractivity contribution in [2.45, 2.75) is 186 Å². The number of benzene rings is 3. The number of carbonyl (C=O) groups excluding carboxylic acids is 9. The summed E-state index contributed by atoms with van der Waals surface area (Å²) in [5, 5.41) is 32.8. The summed E-state index contributed by atoms with van der Waals surface area (Å²) in [7, 11) is 0. The number of ketones is 5. The average molecular weight is 1380 g/mol. The van der Waals surface area contributed by atoms with Crippen molar-refractivity contribution in [1.29, 1.82) is 0 Å². The fourth-order valence-corrected chi connectivity index (χ4v) is 12.6. The molecule has 0 aliphatic rings. The maximum atomic E-state index is 15.0. The number of phenolic OH excluding ortho intramolecular Hbond substituents is 1. The monoisotopic (exact) mass is 1380 g/mol. The molecule has 1 aromatic heterocycles. The van der Waals surface area contributed by atoms with Crippen LogP contribution in [-0.2, 0) is 67.2 Å². The van der Waals surface area contributed by atoms with Gasteiger partial charge in [0, 0.05) is 79.4 Å². The second-order valence-electron chi connectivity index (χ2n) is 26.6. The highest BCUT2D eigenvalue weighted by atomic mass is 32.2. The Balaban J connectivity index is 1.64. The number of carbonyl (C=O) groups is 10. The van der Waals surface area contributed by atoms with Gasteiger partial charge in [0.25, 0.3) is 0 Å². The Morgan fingerprint density at radius 1 is 0.510 bits per heavy atom. The quantitative estimate of drug-likeness (QED) is 0.0145. The fourth-order valence-electron chi connectivity index (χ4n) is 12.1. The number of hydrogen-bond acceptors (Lipinski definition) is 17. The number of guanidine groups is 1. The molecule has 0 unspecified atom stereocenters. The summed E-state index contributed by atoms with van der Waals surface area (Å²) in [6.07, 6.45) is 6.82. The number of rotatable bonds is 51. The Morgan fingerprint density at radius 3 is 1.62 bits per heavy atom. The first kappa shape index (κ1) is 82.6. The molecule has 0 fully saturated rings. The van der Waals surface area contributed by atoms with Gasteiger partial charge in [-0.05, 0) is 162 Å². The minimum atomic E-state index is -1.20. The summed E-state index contributed by atoms with van der Waals surface area (Å²) in [6, 6.07) is 17.1. The van der Waals surface area contributed by atoms with Crippen LogP contribution < -0.4 is 55.7 Å². The lowest BCUT2D eigenvalue weighted by atomic mass is 9.84. The standard InChI is InChI=1S/C73H110N12O12S/c1-45(2)56(71(95)83-60(30-35-98-5)64(89)42-52(38-53-44-81-58-24-10-9-22-55(53)58)69(93)82-59(25-13-16-33-76)63(88)40-50(72(96)97)20-11-14-31-74)43-66(91)67(46(3)4)85-70(94)51(36-48-26-28-54(86)29-27-48)41-65(90)61(37-47-18-7-6-8-19-47)84-68(92)49(21-17-34-80-73(78)79)39-62(87)57(77)23-12-15-32-75/h6-10,18-19,22,24,26-29,44-46,49-52,56-57,59-61,67,81,86H,11-17,20-21,23,25,30-43,74-77H2,1-5H3,(H,82,93)(H,83,95)(H,84,92)(H,85,94)(H,96,97)(H4,78,79,80)/t49-,50+,51-,52-,56+,57-,59+,60+,61+,67+/m1/s1. The van der Waals surface area contributed by atoms with Crippen LogP contribution in [0.2, 0.25) is 0 Å². The zero-order valence-electron chi connectivity index (χ0n) is 58.0. The zero-order valence-corrected chi connectivity index (χ0v) is 58.8. The van der Waals surface area contributed by atoms with Gasteiger partial charge in [-0.1, -0.05) is 101 Å². The van der Waals surface area contributed by atoms with E-state index in [-0.39, 0.29) is 94.7 Å². The van der Waals surface area contributed by atoms with Crippen LogP contribution in [-0.4, -0.2) is 148 Å². The average Bonchev–Trinajstić information content (AvgIpc) is 1.58. The van der Waals surface area contributed by atoms with E-state index in [1.807, 2.05) is 30.5 Å². The van der Waals surface area contributed by atoms with E-state index in [2.05, 4.69) is 31.2 Å². The molecule has 10 atom stereocenters. The second-order valence-corrected chi connectivity index (χ2v) is 27.5. The third kappa shape index (κ3) is 28.9. The highest BCUT2D eigenvalue weighted by Crippen LogP contribution is 2.28. The lowest BCUT2D eigenvalue weighted by molar-refractivity contribution is -0.144. The van der Waals surface area contributed by atoms with Crippen LogP contribution in [0.4, 0.5) is 0 Å². The second kappa shape index (κ2) is 44.2. The normalized spacial score (nSPS) is 14.6. The number of carboxylic acids is 1. The van der Waals surface area contributed by atoms with Gasteiger partial charge in [-0.2, -0.15) is 11.8 Å². The number of para-hydroxylation sites is 1. The highest BCUT2D eigenvalue weighted by molar-refractivity contribution is 7.98. The number of aromatic hydroxyl groups is 1. The molecule has 0 aliphatic heterocycles. The molecule has 4 rings (SSSR count). The number of nitrogens with one attached hydrogen (secondary N) is 5. The van der Waals surface area contributed by atoms with Crippen LogP contribution in [0.1, 0.15) is 154 Å². The van der Waals surface area contributed by atoms with Crippen molar-refractivity contribution in [2.24, 2.45) is 80.8 Å². The zero-order chi connectivity index (χ0) is 72.3. The van der Waals surface area contributed by atoms with Crippen LogP contribution in [0, 0.1) is 41.4 Å². The first-order valence-electron chi connectivity index (χ1n) is 34.7. The van der Waals surface area contributed by atoms with Crippen molar-refractivity contribution in [1.82, 2.24) is 26.3 Å². The maximum Gasteiger partial charge on any atom is 0.306 e. The number of thioether (sulfide) groups is 1. The van der Waals surface area contributed by atoms with E-state index in [1.54, 1.807) is 76.4 Å². The molecule has 19 N–H and O–H groups in total. The molecule has 4 amide bonds. The number of aliphatic imine (C=N–C) groups is 1. The van der Waals surface area contributed by atoms with Gasteiger partial charge in [0.15, 0.2) is 29.1 Å². The van der Waals surface area contributed by atoms with Crippen molar-refractivity contribution >= 4 is 87.1 Å². The number of nitrogens with zero attached hydrogens (tertiary/aromatic N) is 1. The number of fused-ring (bicyclic) bond motifs is 1. The van der Waals surface area contributed by atoms with Gasteiger partial charge in [-0.25, -0.2) is 0 Å². The van der Waals surface area contributed by atoms with Crippen LogP contribution in [0.5, 0.6) is 5.75 Å². The molecule has 0 radical (unpaired) electrons. The number of H-pyrrole nitrogens is 1. The first-order valence-corrected chi connectivity index (χ1v) is 36.0. The van der Waals surface area contributed by atoms with Crippen LogP contribution in [0.15, 0.2) is 90.1 Å². The molecular formula is C73H110N12O12S. The number of Topliss-reactive ketones (excluding diaryl/α,β-unsaturated/α-hetero) is 5. The summed E-state index contributed by atoms with van der Waals surface area (Å²) < 4.78 is 0. The molecular weight excluding hydrogens is 1270 g/mol. The van der Waals surface area contributed by atoms with Crippen molar-refractivity contribution < 1.29 is 58.2 Å². The third-order valence-corrected chi connectivity index (χ3v) is 18.7. The van der Waals surface area contributed by atoms with E-state index in [0.717, 1.165) is 16.5 Å². The van der Waals surface area contributed by atoms with Crippen molar-refractivity contribution in [2.75, 3.05) is 38.2 Å². The predicted octanol–water partition coefficient (Wildman–Crippen LogP) is 5.64. The van der Waals surface area contributed by atoms with Gasteiger partial charge in [0.05, 0.1) is 36.1 Å². The largest absolute Gasteiger partial charge is 0.508 e. The fraction of sp³-hybridized carbons (Fsp3) is 0.575. The lowest BCUT2D eigenvalue weighted by Gasteiger charge is -2.29. The number of phenols is 1. The van der Waals surface area contributed by atoms with Crippen molar-refractivity contribution in [3.8, 4) is 5.75 Å². The third-order valence-electron chi connectivity index (χ3n) is 18.0. The number of carboxylic acid groups (broad SMARTS) is 1. The van der Waals surface area contributed by atoms with Crippen LogP contribution >= 0.6 is 11.8 Å². The summed E-state index contributed by atoms with van der Waals surface area (Å²) in [5.41, 5.74) is 37.4. The summed E-state index contributed by atoms with van der Waals surface area (Å²) in [5.74, 6) is -11.7. The number of aromatic nitrogens is 1. The molecule has 3 aromatic carbocycles. The maximum absolute atomic E-state index is 15.0. The van der Waals surface area contributed by atoms with E-state index in [1.165, 1.54) is 23.9 Å². The minimum absolute atomic E-state index is 0.0237. The van der Waals surface area contributed by atoms with Gasteiger partial charge in [0.1, 0.15) is 11.5 Å². The molecule has 540 valence electrons. The molecule has 4 aromatic rings. The number of aromatic amines is 1. The topological polar surface area (TPSA) is 444 Å². The smallest absolute Gasteiger partial charge is 0.306 e. The molecule has 0 aliphatic carbocycles. The minimum Gasteiger partial charge on any atom is -0.508 e. The Labute approximate surface area is 581 Å². The molecule has 98 heavy (non-hydrogen) atoms. The SMILES string of the molecule is CSCC[C@H](NC(=O)[C@@H](CC(=O)[C@@H](NC(=O)[C@@H](CC(=O)[C@H](Cc1ccccc1)NC(=O)[C@H](CCCN=C(N)N)CC(=O)[C@H](N)CCCCN)Cc1ccc(O)cc1)C(C)C)C(C)C)C(=O)C[C@@H](Cc1c[nH]c2ccccc12)C(=O)N[C@@H](CCCCN)C(=O)C[C@H](CCCCN)C(=O)O. The summed E-state index contributed by atoms with van der Waals surface area (Å²) in [4.78, 5) is 151. The molecule has 24 nitrogen and oxygen atoms in total. The van der Waals surface area contributed by atoms with E-state index < -0.39 is 131 Å². The molecule has 0 spiro atoms. The summed E-state index contributed by atoms with van der Waals surface area (Å²) in [6.45, 7) is 8.31. The Kier molecular flexibility index (Phi) is 37.3. The lowest BCUT2D eigenvalue weighted by Crippen LogP contribution is -2.51. The highest BCUT2D eigenvalue weighted by Gasteiger charge is 2.38. The molecule has 0 saturated heterocycles. The predicted molar refractivity (Wildman–Crippen MR) is 384 cm³/mol. The van der Waals surface area contributed by atoms with Gasteiger partial charge in [-0.15, -0.1) is 0 Å². The van der Waals surface area contributed by atoms with Gasteiger partial charge >= 0.3 is 5.97 Å². The Hall–Kier alpha value is -7.84. The van der Waals surface area contributed by atoms with Gasteiger partial charge < -0.3 is 70.9 Å². The summed E-state index contributed by atoms with van der Waals surface area (Å²) >= 11 is 1.44. The van der Waals surface area contributed by atoms with E-state index >= 15 is 0 Å². The number of hydrogen-bond donors (Lipinski definition) is 13. The molecule has 1 heterocycles. The van der Waals surface area contributed by atoms with E-state index in [9.17, 15) is 58.2 Å². The molecule has 0 bridgehead atoms. The van der Waals surface area contributed by atoms with Crippen LogP contribution in [0.25, 0.3) is 10.9 Å². The number of amides is 4. The Bertz CT molecular complexity index is 3210. The molecule has 25 heteroatoms. The number of nitrogens with two attached hydrogens (primary N) is 6. The number of aliphatic carboxylic acids is 1. The van der Waals surface area contributed by atoms with Crippen molar-refractivity contribution in [3.05, 3.63) is 102 Å². The van der Waals surface area contributed by atoms with Gasteiger partial charge in [-0.3, -0.25) is 52.9 Å². The van der Waals surface area contributed by atoms with Crippen molar-refractivity contribution in [3.63, 3.8) is 0 Å². The number of unbranched alkanes of at least 4 members (excludes halogenated alkanes) is 3. The Morgan fingerprint density at radius 2 is 1.02 bits per heavy atom. The van der Waals surface area contributed by atoms with E-state index in [0.29, 0.717) is 87.9 Å². The van der Waals surface area contributed by atoms with Crippen LogP contribution in [0.3, 0.4) is 0 Å². The van der Waals surface area contributed by atoms with E-state index in [4.69, 9.17) is 34.4 Å².